The van der Waals surface area contributed by atoms with E-state index in [4.69, 9.17) is 15.0 Å². The Morgan fingerprint density at radius 2 is 2.10 bits per heavy atom. The van der Waals surface area contributed by atoms with E-state index in [1.54, 1.807) is 6.07 Å². The number of phosphoric ester groups is 1. The molecule has 0 aromatic rings. The second-order valence-electron chi connectivity index (χ2n) is 1.23. The van der Waals surface area contributed by atoms with E-state index >= 15 is 0 Å². The maximum absolute atomic E-state index is 9.87. The Morgan fingerprint density at radius 1 is 1.60 bits per heavy atom. The molecule has 2 N–H and O–H groups in total. The van der Waals surface area contributed by atoms with Crippen molar-refractivity contribution in [2.75, 3.05) is 6.61 Å². The first-order valence-corrected chi connectivity index (χ1v) is 3.66. The molecule has 0 saturated carbocycles. The molecule has 0 saturated heterocycles. The van der Waals surface area contributed by atoms with E-state index in [1.165, 1.54) is 0 Å². The minimum absolute atomic E-state index is 0. The Morgan fingerprint density at radius 3 is 2.40 bits per heavy atom. The molecular weight excluding hydrogens is 152 g/mol. The number of hydrogen-bond acceptors (Lipinski definition) is 3. The Bertz CT molecular complexity index is 160. The monoisotopic (exact) mass is 159 g/mol. The van der Waals surface area contributed by atoms with Crippen molar-refractivity contribution in [2.24, 2.45) is 0 Å². The Balaban J connectivity index is 0. The quantitative estimate of drug-likeness (QED) is 0.324. The van der Waals surface area contributed by atoms with Crippen LogP contribution in [0.25, 0.3) is 0 Å². The van der Waals surface area contributed by atoms with Crippen LogP contribution in [0.5, 0.6) is 0 Å². The first-order valence-electron chi connectivity index (χ1n) is 2.13. The maximum atomic E-state index is 9.87. The van der Waals surface area contributed by atoms with E-state index in [0.29, 0.717) is 0 Å². The molecule has 5 nitrogen and oxygen atoms in total. The SMILES string of the molecule is N#CCCOP(=O)(O)O.[LiH]. The normalized spacial score (nSPS) is 9.70. The average Bonchev–Trinajstić information content (AvgIpc) is 1.63. The van der Waals surface area contributed by atoms with Crippen molar-refractivity contribution in [3.8, 4) is 6.07 Å². The van der Waals surface area contributed by atoms with Crippen molar-refractivity contribution in [3.63, 3.8) is 0 Å². The van der Waals surface area contributed by atoms with Gasteiger partial charge in [0.15, 0.2) is 0 Å². The van der Waals surface area contributed by atoms with Crippen molar-refractivity contribution >= 4 is 26.7 Å². The Kier molecular flexibility index (Phi) is 7.63. The van der Waals surface area contributed by atoms with E-state index in [0.717, 1.165) is 0 Å². The zero-order valence-electron chi connectivity index (χ0n) is 4.52. The molecule has 0 aliphatic rings. The van der Waals surface area contributed by atoms with Gasteiger partial charge in [0.05, 0.1) is 19.1 Å². The molecule has 0 spiro atoms. The zero-order chi connectivity index (χ0) is 7.33. The standard InChI is InChI=1S/C3H6NO4P.Li.H/c4-2-1-3-8-9(5,6)7;;/h1,3H2,(H2,5,6,7);;. The third-order valence-corrected chi connectivity index (χ3v) is 0.992. The zero-order valence-corrected chi connectivity index (χ0v) is 5.41. The first-order chi connectivity index (χ1) is 4.06. The van der Waals surface area contributed by atoms with Gasteiger partial charge in [-0.1, -0.05) is 0 Å². The van der Waals surface area contributed by atoms with Crippen LogP contribution in [0.2, 0.25) is 0 Å². The van der Waals surface area contributed by atoms with Gasteiger partial charge in [-0.3, -0.25) is 4.52 Å². The molecule has 0 amide bonds. The molecule has 0 aromatic heterocycles. The summed E-state index contributed by atoms with van der Waals surface area (Å²) in [4.78, 5) is 16.0. The van der Waals surface area contributed by atoms with Gasteiger partial charge in [-0.2, -0.15) is 5.26 Å². The summed E-state index contributed by atoms with van der Waals surface area (Å²) in [5.41, 5.74) is 0. The van der Waals surface area contributed by atoms with Crippen molar-refractivity contribution in [1.29, 1.82) is 5.26 Å². The second-order valence-corrected chi connectivity index (χ2v) is 2.47. The fraction of sp³-hybridized carbons (Fsp3) is 0.667. The fourth-order valence-electron chi connectivity index (χ4n) is 0.210. The molecule has 0 bridgehead atoms. The number of nitrogens with zero attached hydrogens (tertiary/aromatic N) is 1. The summed E-state index contributed by atoms with van der Waals surface area (Å²) in [6.45, 7) is -0.221. The fourth-order valence-corrected chi connectivity index (χ4v) is 0.539. The van der Waals surface area contributed by atoms with Crippen LogP contribution in [0.4, 0.5) is 0 Å². The number of phosphoric acid groups is 1. The molecule has 54 valence electrons. The third kappa shape index (κ3) is 11.1. The number of rotatable bonds is 3. The summed E-state index contributed by atoms with van der Waals surface area (Å²) < 4.78 is 13.8. The van der Waals surface area contributed by atoms with Crippen LogP contribution in [-0.2, 0) is 9.09 Å². The summed E-state index contributed by atoms with van der Waals surface area (Å²) >= 11 is 0. The predicted molar refractivity (Wildman–Crippen MR) is 35.4 cm³/mol. The Hall–Kier alpha value is 0.197. The summed E-state index contributed by atoms with van der Waals surface area (Å²) in [5, 5.41) is 7.88. The van der Waals surface area contributed by atoms with Crippen LogP contribution < -0.4 is 0 Å². The summed E-state index contributed by atoms with van der Waals surface area (Å²) in [6, 6.07) is 1.67. The molecule has 0 aromatic carbocycles. The van der Waals surface area contributed by atoms with Gasteiger partial charge >= 0.3 is 26.7 Å². The van der Waals surface area contributed by atoms with Gasteiger partial charge in [-0.15, -0.1) is 0 Å². The van der Waals surface area contributed by atoms with Gasteiger partial charge in [-0.05, 0) is 0 Å². The van der Waals surface area contributed by atoms with Gasteiger partial charge in [-0.25, -0.2) is 4.57 Å². The Labute approximate surface area is 70.4 Å². The first kappa shape index (κ1) is 12.8. The van der Waals surface area contributed by atoms with Crippen molar-refractivity contribution in [2.45, 2.75) is 6.42 Å². The molecule has 0 aliphatic heterocycles. The van der Waals surface area contributed by atoms with Gasteiger partial charge in [0.1, 0.15) is 0 Å². The summed E-state index contributed by atoms with van der Waals surface area (Å²) in [7, 11) is -4.35. The molecule has 0 rings (SSSR count). The average molecular weight is 159 g/mol. The van der Waals surface area contributed by atoms with Gasteiger partial charge in [0.25, 0.3) is 0 Å². The van der Waals surface area contributed by atoms with Crippen LogP contribution in [0.1, 0.15) is 6.42 Å². The summed E-state index contributed by atoms with van der Waals surface area (Å²) in [5.74, 6) is 0. The van der Waals surface area contributed by atoms with E-state index in [1.807, 2.05) is 0 Å². The number of nitriles is 1. The van der Waals surface area contributed by atoms with Crippen LogP contribution in [0.15, 0.2) is 0 Å². The molecule has 0 fully saturated rings. The molecule has 7 heteroatoms. The van der Waals surface area contributed by atoms with Crippen molar-refractivity contribution < 1.29 is 18.9 Å². The molecule has 0 heterocycles. The molecule has 0 unspecified atom stereocenters. The van der Waals surface area contributed by atoms with E-state index in [2.05, 4.69) is 4.52 Å². The molecule has 0 atom stereocenters. The second kappa shape index (κ2) is 5.94. The molecule has 0 aliphatic carbocycles. The topological polar surface area (TPSA) is 90.5 Å². The minimum atomic E-state index is -4.35. The van der Waals surface area contributed by atoms with Gasteiger partial charge in [0.2, 0.25) is 0 Å². The molecule has 0 radical (unpaired) electrons. The molecule has 10 heavy (non-hydrogen) atoms. The van der Waals surface area contributed by atoms with Gasteiger partial charge < -0.3 is 9.79 Å². The predicted octanol–water partition coefficient (Wildman–Crippen LogP) is -0.639. The van der Waals surface area contributed by atoms with Crippen LogP contribution in [0.3, 0.4) is 0 Å². The van der Waals surface area contributed by atoms with E-state index in [-0.39, 0.29) is 31.9 Å². The third-order valence-electron chi connectivity index (χ3n) is 0.473. The van der Waals surface area contributed by atoms with Crippen molar-refractivity contribution in [3.05, 3.63) is 0 Å². The van der Waals surface area contributed by atoms with Gasteiger partial charge in [0, 0.05) is 0 Å². The van der Waals surface area contributed by atoms with Crippen molar-refractivity contribution in [1.82, 2.24) is 0 Å². The van der Waals surface area contributed by atoms with Crippen LogP contribution >= 0.6 is 7.82 Å². The van der Waals surface area contributed by atoms with Crippen LogP contribution in [-0.4, -0.2) is 35.3 Å². The molecular formula is C3H7LiNO4P. The van der Waals surface area contributed by atoms with Crippen LogP contribution in [0, 0.1) is 11.3 Å². The summed E-state index contributed by atoms with van der Waals surface area (Å²) in [6.07, 6.45) is -0.00882. The van der Waals surface area contributed by atoms with E-state index in [9.17, 15) is 4.57 Å². The number of hydrogen-bond donors (Lipinski definition) is 2. The van der Waals surface area contributed by atoms with E-state index < -0.39 is 7.82 Å².